The fourth-order valence-corrected chi connectivity index (χ4v) is 3.08. The molecule has 2 aliphatic heterocycles. The van der Waals surface area contributed by atoms with Crippen LogP contribution in [0.2, 0.25) is 0 Å². The highest BCUT2D eigenvalue weighted by Gasteiger charge is 2.29. The molecule has 4 heteroatoms. The second kappa shape index (κ2) is 6.06. The zero-order valence-corrected chi connectivity index (χ0v) is 13.2. The Morgan fingerprint density at radius 1 is 1.29 bits per heavy atom. The molecule has 1 aromatic carbocycles. The SMILES string of the molecule is CC(C)(CNC1=NCCCN1)N1CCc2ccccc2C1. The van der Waals surface area contributed by atoms with E-state index in [1.54, 1.807) is 0 Å². The predicted molar refractivity (Wildman–Crippen MR) is 87.6 cm³/mol. The van der Waals surface area contributed by atoms with Crippen LogP contribution in [0.4, 0.5) is 0 Å². The number of nitrogens with one attached hydrogen (secondary N) is 2. The van der Waals surface area contributed by atoms with Crippen molar-refractivity contribution in [2.45, 2.75) is 38.8 Å². The monoisotopic (exact) mass is 286 g/mol. The van der Waals surface area contributed by atoms with Gasteiger partial charge in [-0.05, 0) is 37.8 Å². The summed E-state index contributed by atoms with van der Waals surface area (Å²) in [7, 11) is 0. The average molecular weight is 286 g/mol. The van der Waals surface area contributed by atoms with E-state index < -0.39 is 0 Å². The van der Waals surface area contributed by atoms with Crippen LogP contribution >= 0.6 is 0 Å². The molecule has 2 heterocycles. The van der Waals surface area contributed by atoms with Crippen molar-refractivity contribution >= 4 is 5.96 Å². The minimum atomic E-state index is 0.120. The third kappa shape index (κ3) is 3.38. The molecule has 1 aromatic rings. The zero-order valence-electron chi connectivity index (χ0n) is 13.2. The highest BCUT2D eigenvalue weighted by atomic mass is 15.2. The van der Waals surface area contributed by atoms with Gasteiger partial charge in [0, 0.05) is 38.3 Å². The fourth-order valence-electron chi connectivity index (χ4n) is 3.08. The summed E-state index contributed by atoms with van der Waals surface area (Å²) >= 11 is 0. The number of fused-ring (bicyclic) bond motifs is 1. The maximum atomic E-state index is 4.49. The molecule has 0 saturated carbocycles. The third-order valence-corrected chi connectivity index (χ3v) is 4.57. The summed E-state index contributed by atoms with van der Waals surface area (Å²) in [4.78, 5) is 7.06. The maximum absolute atomic E-state index is 4.49. The van der Waals surface area contributed by atoms with Crippen LogP contribution in [0, 0.1) is 0 Å². The Morgan fingerprint density at radius 2 is 2.10 bits per heavy atom. The molecule has 4 nitrogen and oxygen atoms in total. The zero-order chi connectivity index (χ0) is 14.7. The highest BCUT2D eigenvalue weighted by molar-refractivity contribution is 5.80. The van der Waals surface area contributed by atoms with Gasteiger partial charge in [-0.15, -0.1) is 0 Å². The molecule has 114 valence electrons. The lowest BCUT2D eigenvalue weighted by Gasteiger charge is -2.42. The second-order valence-corrected chi connectivity index (χ2v) is 6.62. The Hall–Kier alpha value is -1.55. The van der Waals surface area contributed by atoms with Crippen LogP contribution in [-0.4, -0.2) is 42.6 Å². The van der Waals surface area contributed by atoms with Crippen molar-refractivity contribution < 1.29 is 0 Å². The molecule has 0 aromatic heterocycles. The Bertz CT molecular complexity index is 521. The van der Waals surface area contributed by atoms with Crippen molar-refractivity contribution in [1.82, 2.24) is 15.5 Å². The van der Waals surface area contributed by atoms with Crippen molar-refractivity contribution in [3.05, 3.63) is 35.4 Å². The van der Waals surface area contributed by atoms with E-state index in [9.17, 15) is 0 Å². The van der Waals surface area contributed by atoms with E-state index in [2.05, 4.69) is 58.6 Å². The van der Waals surface area contributed by atoms with Crippen molar-refractivity contribution in [3.8, 4) is 0 Å². The van der Waals surface area contributed by atoms with Gasteiger partial charge in [0.05, 0.1) is 0 Å². The standard InChI is InChI=1S/C17H26N4/c1-17(2,13-20-16-18-9-5-10-19-16)21-11-8-14-6-3-4-7-15(14)12-21/h3-4,6-7H,5,8-13H2,1-2H3,(H2,18,19,20). The van der Waals surface area contributed by atoms with E-state index in [1.807, 2.05) is 0 Å². The van der Waals surface area contributed by atoms with Gasteiger partial charge < -0.3 is 10.6 Å². The molecule has 0 aliphatic carbocycles. The number of rotatable bonds is 3. The highest BCUT2D eigenvalue weighted by Crippen LogP contribution is 2.24. The van der Waals surface area contributed by atoms with Crippen molar-refractivity contribution in [1.29, 1.82) is 0 Å². The smallest absolute Gasteiger partial charge is 0.191 e. The molecule has 0 saturated heterocycles. The Balaban J connectivity index is 1.61. The van der Waals surface area contributed by atoms with Gasteiger partial charge in [-0.2, -0.15) is 0 Å². The molecule has 21 heavy (non-hydrogen) atoms. The van der Waals surface area contributed by atoms with Crippen LogP contribution in [0.3, 0.4) is 0 Å². The van der Waals surface area contributed by atoms with Gasteiger partial charge in [-0.3, -0.25) is 9.89 Å². The van der Waals surface area contributed by atoms with E-state index in [-0.39, 0.29) is 5.54 Å². The summed E-state index contributed by atoms with van der Waals surface area (Å²) < 4.78 is 0. The molecule has 0 atom stereocenters. The molecule has 2 aliphatic rings. The first-order valence-corrected chi connectivity index (χ1v) is 7.99. The van der Waals surface area contributed by atoms with Gasteiger partial charge in [0.2, 0.25) is 0 Å². The molecule has 0 radical (unpaired) electrons. The van der Waals surface area contributed by atoms with Crippen LogP contribution < -0.4 is 10.6 Å². The quantitative estimate of drug-likeness (QED) is 0.889. The van der Waals surface area contributed by atoms with Crippen LogP contribution in [-0.2, 0) is 13.0 Å². The number of hydrogen-bond donors (Lipinski definition) is 2. The normalized spacial score (nSPS) is 19.4. The van der Waals surface area contributed by atoms with Gasteiger partial charge in [-0.1, -0.05) is 24.3 Å². The lowest BCUT2D eigenvalue weighted by molar-refractivity contribution is 0.107. The van der Waals surface area contributed by atoms with E-state index in [4.69, 9.17) is 0 Å². The van der Waals surface area contributed by atoms with Gasteiger partial charge in [-0.25, -0.2) is 0 Å². The number of hydrogen-bond acceptors (Lipinski definition) is 4. The van der Waals surface area contributed by atoms with Crippen LogP contribution in [0.5, 0.6) is 0 Å². The topological polar surface area (TPSA) is 39.7 Å². The summed E-state index contributed by atoms with van der Waals surface area (Å²) in [6.45, 7) is 9.70. The van der Waals surface area contributed by atoms with Gasteiger partial charge in [0.25, 0.3) is 0 Å². The number of nitrogens with zero attached hydrogens (tertiary/aromatic N) is 2. The number of guanidine groups is 1. The molecular formula is C17H26N4. The molecule has 0 amide bonds. The van der Waals surface area contributed by atoms with Crippen LogP contribution in [0.1, 0.15) is 31.4 Å². The van der Waals surface area contributed by atoms with E-state index in [0.29, 0.717) is 0 Å². The van der Waals surface area contributed by atoms with Crippen molar-refractivity contribution in [3.63, 3.8) is 0 Å². The van der Waals surface area contributed by atoms with Crippen molar-refractivity contribution in [2.24, 2.45) is 4.99 Å². The Kier molecular flexibility index (Phi) is 4.15. The fraction of sp³-hybridized carbons (Fsp3) is 0.588. The van der Waals surface area contributed by atoms with E-state index in [0.717, 1.165) is 51.5 Å². The first-order valence-electron chi connectivity index (χ1n) is 7.99. The van der Waals surface area contributed by atoms with Crippen molar-refractivity contribution in [2.75, 3.05) is 26.2 Å². The molecule has 0 bridgehead atoms. The predicted octanol–water partition coefficient (Wildman–Crippen LogP) is 1.76. The molecule has 0 unspecified atom stereocenters. The molecular weight excluding hydrogens is 260 g/mol. The molecule has 0 spiro atoms. The molecule has 3 rings (SSSR count). The minimum absolute atomic E-state index is 0.120. The van der Waals surface area contributed by atoms with Crippen LogP contribution in [0.25, 0.3) is 0 Å². The largest absolute Gasteiger partial charge is 0.356 e. The van der Waals surface area contributed by atoms with Gasteiger partial charge in [0.15, 0.2) is 5.96 Å². The molecule has 0 fully saturated rings. The lowest BCUT2D eigenvalue weighted by atomic mass is 9.94. The Labute approximate surface area is 127 Å². The molecule has 2 N–H and O–H groups in total. The van der Waals surface area contributed by atoms with E-state index >= 15 is 0 Å². The second-order valence-electron chi connectivity index (χ2n) is 6.62. The average Bonchev–Trinajstić information content (AvgIpc) is 2.53. The summed E-state index contributed by atoms with van der Waals surface area (Å²) in [5.41, 5.74) is 3.11. The van der Waals surface area contributed by atoms with Crippen LogP contribution in [0.15, 0.2) is 29.3 Å². The lowest BCUT2D eigenvalue weighted by Crippen LogP contribution is -2.55. The first-order chi connectivity index (χ1) is 10.1. The summed E-state index contributed by atoms with van der Waals surface area (Å²) in [5.74, 6) is 0.965. The van der Waals surface area contributed by atoms with Gasteiger partial charge >= 0.3 is 0 Å². The summed E-state index contributed by atoms with van der Waals surface area (Å²) in [5, 5.41) is 6.81. The Morgan fingerprint density at radius 3 is 2.86 bits per heavy atom. The first kappa shape index (κ1) is 14.4. The maximum Gasteiger partial charge on any atom is 0.191 e. The minimum Gasteiger partial charge on any atom is -0.356 e. The summed E-state index contributed by atoms with van der Waals surface area (Å²) in [6.07, 6.45) is 2.29. The van der Waals surface area contributed by atoms with E-state index in [1.165, 1.54) is 11.1 Å². The number of aliphatic imine (C=N–C) groups is 1. The number of benzene rings is 1. The van der Waals surface area contributed by atoms with Gasteiger partial charge in [0.1, 0.15) is 0 Å². The summed E-state index contributed by atoms with van der Waals surface area (Å²) in [6, 6.07) is 8.82. The third-order valence-electron chi connectivity index (χ3n) is 4.57.